The van der Waals surface area contributed by atoms with Gasteiger partial charge in [-0.25, -0.2) is 0 Å². The first-order valence-corrected chi connectivity index (χ1v) is 7.57. The number of pyridine rings is 1. The van der Waals surface area contributed by atoms with Crippen molar-refractivity contribution < 1.29 is 4.52 Å². The molecule has 0 aliphatic heterocycles. The second-order valence-electron chi connectivity index (χ2n) is 4.99. The average molecular weight is 339 g/mol. The van der Waals surface area contributed by atoms with E-state index in [1.165, 1.54) is 0 Å². The number of likely N-dealkylation sites (N-methyl/N-ethyl adjacent to an activating group) is 1. The van der Waals surface area contributed by atoms with E-state index < -0.39 is 0 Å². The molecule has 5 nitrogen and oxygen atoms in total. The van der Waals surface area contributed by atoms with Crippen molar-refractivity contribution in [2.45, 2.75) is 33.2 Å². The van der Waals surface area contributed by atoms with Crippen LogP contribution in [0.2, 0.25) is 0 Å². The second kappa shape index (κ2) is 6.95. The molecule has 1 unspecified atom stereocenters. The standard InChI is InChI=1S/C14H19BrN4O/c1-4-16-12(9(2)3)7-13-18-14(19-20-13)11-6-5-10(15)8-17-11/h5-6,8-9,12,16H,4,7H2,1-3H3. The number of aromatic nitrogens is 3. The van der Waals surface area contributed by atoms with Gasteiger partial charge in [-0.1, -0.05) is 25.9 Å². The fourth-order valence-electron chi connectivity index (χ4n) is 1.94. The summed E-state index contributed by atoms with van der Waals surface area (Å²) in [6.07, 6.45) is 2.45. The normalized spacial score (nSPS) is 12.8. The van der Waals surface area contributed by atoms with Crippen LogP contribution in [0.25, 0.3) is 11.5 Å². The van der Waals surface area contributed by atoms with Crippen molar-refractivity contribution in [3.63, 3.8) is 0 Å². The first-order chi connectivity index (χ1) is 9.60. The lowest BCUT2D eigenvalue weighted by Gasteiger charge is -2.19. The quantitative estimate of drug-likeness (QED) is 0.876. The van der Waals surface area contributed by atoms with Gasteiger partial charge < -0.3 is 9.84 Å². The van der Waals surface area contributed by atoms with Crippen LogP contribution in [0.5, 0.6) is 0 Å². The predicted molar refractivity (Wildman–Crippen MR) is 81.2 cm³/mol. The van der Waals surface area contributed by atoms with Gasteiger partial charge in [0, 0.05) is 23.1 Å². The zero-order chi connectivity index (χ0) is 14.5. The van der Waals surface area contributed by atoms with Crippen molar-refractivity contribution in [3.8, 4) is 11.5 Å². The van der Waals surface area contributed by atoms with E-state index in [2.05, 4.69) is 57.1 Å². The van der Waals surface area contributed by atoms with Crippen molar-refractivity contribution in [1.29, 1.82) is 0 Å². The Kier molecular flexibility index (Phi) is 5.25. The van der Waals surface area contributed by atoms with Crippen LogP contribution in [0.3, 0.4) is 0 Å². The molecule has 2 aromatic rings. The van der Waals surface area contributed by atoms with E-state index in [4.69, 9.17) is 4.52 Å². The summed E-state index contributed by atoms with van der Waals surface area (Å²) in [5.41, 5.74) is 0.716. The molecule has 20 heavy (non-hydrogen) atoms. The van der Waals surface area contributed by atoms with Crippen molar-refractivity contribution in [2.75, 3.05) is 6.54 Å². The molecule has 0 aliphatic carbocycles. The van der Waals surface area contributed by atoms with E-state index in [1.54, 1.807) is 6.20 Å². The topological polar surface area (TPSA) is 63.8 Å². The van der Waals surface area contributed by atoms with Crippen LogP contribution in [-0.4, -0.2) is 27.7 Å². The average Bonchev–Trinajstić information content (AvgIpc) is 2.87. The van der Waals surface area contributed by atoms with Crippen molar-refractivity contribution in [3.05, 3.63) is 28.7 Å². The molecule has 1 N–H and O–H groups in total. The molecule has 108 valence electrons. The van der Waals surface area contributed by atoms with Gasteiger partial charge in [-0.05, 0) is 40.5 Å². The van der Waals surface area contributed by atoms with Crippen molar-refractivity contribution in [1.82, 2.24) is 20.4 Å². The summed E-state index contributed by atoms with van der Waals surface area (Å²) < 4.78 is 6.25. The molecule has 2 heterocycles. The number of hydrogen-bond donors (Lipinski definition) is 1. The van der Waals surface area contributed by atoms with Crippen LogP contribution in [0, 0.1) is 5.92 Å². The highest BCUT2D eigenvalue weighted by molar-refractivity contribution is 9.10. The smallest absolute Gasteiger partial charge is 0.228 e. The second-order valence-corrected chi connectivity index (χ2v) is 5.90. The molecule has 0 bridgehead atoms. The highest BCUT2D eigenvalue weighted by Gasteiger charge is 2.17. The SMILES string of the molecule is CCNC(Cc1nc(-c2ccc(Br)cn2)no1)C(C)C. The van der Waals surface area contributed by atoms with E-state index in [1.807, 2.05) is 12.1 Å². The van der Waals surface area contributed by atoms with Crippen molar-refractivity contribution in [2.24, 2.45) is 5.92 Å². The molecule has 0 amide bonds. The molecular weight excluding hydrogens is 320 g/mol. The minimum absolute atomic E-state index is 0.339. The van der Waals surface area contributed by atoms with Crippen LogP contribution in [-0.2, 0) is 6.42 Å². The van der Waals surface area contributed by atoms with E-state index in [0.717, 1.165) is 17.4 Å². The molecular formula is C14H19BrN4O. The molecule has 2 rings (SSSR count). The maximum atomic E-state index is 5.32. The van der Waals surface area contributed by atoms with Gasteiger partial charge in [-0.3, -0.25) is 4.98 Å². The summed E-state index contributed by atoms with van der Waals surface area (Å²) >= 11 is 3.35. The summed E-state index contributed by atoms with van der Waals surface area (Å²) in [5.74, 6) is 1.69. The highest BCUT2D eigenvalue weighted by Crippen LogP contribution is 2.17. The fourth-order valence-corrected chi connectivity index (χ4v) is 2.18. The van der Waals surface area contributed by atoms with Crippen molar-refractivity contribution >= 4 is 15.9 Å². The van der Waals surface area contributed by atoms with Crippen LogP contribution in [0.15, 0.2) is 27.3 Å². The first kappa shape index (κ1) is 15.1. The van der Waals surface area contributed by atoms with E-state index in [9.17, 15) is 0 Å². The molecule has 1 atom stereocenters. The summed E-state index contributed by atoms with van der Waals surface area (Å²) in [5, 5.41) is 7.43. The molecule has 0 fully saturated rings. The summed E-state index contributed by atoms with van der Waals surface area (Å²) in [6, 6.07) is 4.11. The summed E-state index contributed by atoms with van der Waals surface area (Å²) in [6.45, 7) is 7.39. The van der Waals surface area contributed by atoms with E-state index in [0.29, 0.717) is 29.4 Å². The zero-order valence-corrected chi connectivity index (χ0v) is 13.5. The van der Waals surface area contributed by atoms with E-state index in [-0.39, 0.29) is 0 Å². The Morgan fingerprint density at radius 2 is 2.15 bits per heavy atom. The molecule has 6 heteroatoms. The Morgan fingerprint density at radius 1 is 1.35 bits per heavy atom. The third kappa shape index (κ3) is 3.86. The largest absolute Gasteiger partial charge is 0.339 e. The number of halogens is 1. The third-order valence-electron chi connectivity index (χ3n) is 3.09. The van der Waals surface area contributed by atoms with Gasteiger partial charge in [0.1, 0.15) is 5.69 Å². The van der Waals surface area contributed by atoms with Crippen LogP contribution in [0.1, 0.15) is 26.7 Å². The van der Waals surface area contributed by atoms with Crippen LogP contribution in [0.4, 0.5) is 0 Å². The molecule has 0 saturated heterocycles. The fraction of sp³-hybridized carbons (Fsp3) is 0.500. The highest BCUT2D eigenvalue weighted by atomic mass is 79.9. The van der Waals surface area contributed by atoms with Gasteiger partial charge in [0.05, 0.1) is 0 Å². The number of nitrogens with zero attached hydrogens (tertiary/aromatic N) is 3. The Labute approximate surface area is 127 Å². The lowest BCUT2D eigenvalue weighted by Crippen LogP contribution is -2.35. The van der Waals surface area contributed by atoms with Gasteiger partial charge in [-0.15, -0.1) is 0 Å². The number of rotatable bonds is 6. The molecule has 0 spiro atoms. The minimum atomic E-state index is 0.339. The molecule has 2 aromatic heterocycles. The maximum absolute atomic E-state index is 5.32. The summed E-state index contributed by atoms with van der Waals surface area (Å²) in [7, 11) is 0. The van der Waals surface area contributed by atoms with Crippen LogP contribution < -0.4 is 5.32 Å². The van der Waals surface area contributed by atoms with Gasteiger partial charge in [-0.2, -0.15) is 4.98 Å². The Bertz CT molecular complexity index is 538. The minimum Gasteiger partial charge on any atom is -0.339 e. The predicted octanol–water partition coefficient (Wildman–Crippen LogP) is 3.07. The number of nitrogens with one attached hydrogen (secondary N) is 1. The van der Waals surface area contributed by atoms with Gasteiger partial charge in [0.25, 0.3) is 0 Å². The molecule has 0 aromatic carbocycles. The maximum Gasteiger partial charge on any atom is 0.228 e. The molecule has 0 saturated carbocycles. The third-order valence-corrected chi connectivity index (χ3v) is 3.56. The lowest BCUT2D eigenvalue weighted by atomic mass is 10.0. The Morgan fingerprint density at radius 3 is 2.75 bits per heavy atom. The van der Waals surface area contributed by atoms with Gasteiger partial charge >= 0.3 is 0 Å². The van der Waals surface area contributed by atoms with Gasteiger partial charge in [0.2, 0.25) is 11.7 Å². The monoisotopic (exact) mass is 338 g/mol. The molecule has 0 aliphatic rings. The zero-order valence-electron chi connectivity index (χ0n) is 11.9. The van der Waals surface area contributed by atoms with E-state index >= 15 is 0 Å². The summed E-state index contributed by atoms with van der Waals surface area (Å²) in [4.78, 5) is 8.68. The number of hydrogen-bond acceptors (Lipinski definition) is 5. The first-order valence-electron chi connectivity index (χ1n) is 6.78. The van der Waals surface area contributed by atoms with Gasteiger partial charge in [0.15, 0.2) is 0 Å². The Balaban J connectivity index is 2.10. The molecule has 0 radical (unpaired) electrons. The van der Waals surface area contributed by atoms with Crippen LogP contribution >= 0.6 is 15.9 Å². The Hall–Kier alpha value is -1.27. The lowest BCUT2D eigenvalue weighted by molar-refractivity contribution is 0.329.